The van der Waals surface area contributed by atoms with Crippen LogP contribution in [0, 0.1) is 5.92 Å². The van der Waals surface area contributed by atoms with Crippen LogP contribution in [0.1, 0.15) is 36.8 Å². The Bertz CT molecular complexity index is 441. The van der Waals surface area contributed by atoms with Crippen molar-refractivity contribution < 1.29 is 9.84 Å². The van der Waals surface area contributed by atoms with Gasteiger partial charge in [0.25, 0.3) is 0 Å². The summed E-state index contributed by atoms with van der Waals surface area (Å²) in [5, 5.41) is 10.2. The fourth-order valence-electron chi connectivity index (χ4n) is 3.21. The van der Waals surface area contributed by atoms with E-state index in [1.54, 1.807) is 0 Å². The maximum Gasteiger partial charge on any atom is 0.122 e. The first-order valence-corrected chi connectivity index (χ1v) is 8.97. The topological polar surface area (TPSA) is 29.5 Å². The van der Waals surface area contributed by atoms with Crippen LogP contribution in [-0.2, 0) is 12.8 Å². The number of aliphatic hydroxyl groups excluding tert-OH is 1. The number of benzene rings is 1. The van der Waals surface area contributed by atoms with E-state index < -0.39 is 0 Å². The molecule has 0 aromatic heterocycles. The smallest absolute Gasteiger partial charge is 0.122 e. The van der Waals surface area contributed by atoms with Crippen LogP contribution < -0.4 is 4.74 Å². The molecule has 2 heterocycles. The van der Waals surface area contributed by atoms with Crippen molar-refractivity contribution in [1.82, 2.24) is 0 Å². The van der Waals surface area contributed by atoms with Crippen LogP contribution in [0.25, 0.3) is 0 Å². The molecule has 0 bridgehead atoms. The van der Waals surface area contributed by atoms with Crippen molar-refractivity contribution >= 4 is 11.8 Å². The van der Waals surface area contributed by atoms with E-state index in [2.05, 4.69) is 30.0 Å². The lowest BCUT2D eigenvalue weighted by atomic mass is 9.92. The van der Waals surface area contributed by atoms with Gasteiger partial charge in [0.05, 0.1) is 12.7 Å². The van der Waals surface area contributed by atoms with Crippen molar-refractivity contribution in [1.29, 1.82) is 0 Å². The fourth-order valence-corrected chi connectivity index (χ4v) is 4.42. The second kappa shape index (κ2) is 6.86. The first-order valence-electron chi connectivity index (χ1n) is 7.81. The van der Waals surface area contributed by atoms with Crippen LogP contribution in [0.5, 0.6) is 5.75 Å². The van der Waals surface area contributed by atoms with Gasteiger partial charge in [0.2, 0.25) is 0 Å². The summed E-state index contributed by atoms with van der Waals surface area (Å²) >= 11 is 2.05. The van der Waals surface area contributed by atoms with E-state index in [0.717, 1.165) is 44.0 Å². The van der Waals surface area contributed by atoms with Gasteiger partial charge in [-0.2, -0.15) is 11.8 Å². The lowest BCUT2D eigenvalue weighted by molar-refractivity contribution is 0.130. The summed E-state index contributed by atoms with van der Waals surface area (Å²) in [6, 6.07) is 6.49. The van der Waals surface area contributed by atoms with Crippen molar-refractivity contribution in [3.05, 3.63) is 29.3 Å². The first kappa shape index (κ1) is 14.3. The average molecular weight is 292 g/mol. The molecule has 0 spiro atoms. The second-order valence-corrected chi connectivity index (χ2v) is 7.25. The number of hydrogen-bond donors (Lipinski definition) is 1. The highest BCUT2D eigenvalue weighted by molar-refractivity contribution is 7.99. The standard InChI is InChI=1S/C17H24O2S/c18-16(12-14-6-9-20-10-7-14)3-1-13-2-4-17-15(11-13)5-8-19-17/h2,4,11,14,16,18H,1,3,5-10,12H2. The third kappa shape index (κ3) is 3.70. The predicted octanol–water partition coefficient (Wildman–Crippen LogP) is 3.45. The van der Waals surface area contributed by atoms with Gasteiger partial charge in [0, 0.05) is 6.42 Å². The first-order chi connectivity index (χ1) is 9.81. The van der Waals surface area contributed by atoms with E-state index in [0.29, 0.717) is 0 Å². The number of rotatable bonds is 5. The predicted molar refractivity (Wildman–Crippen MR) is 84.6 cm³/mol. The highest BCUT2D eigenvalue weighted by Gasteiger charge is 2.18. The van der Waals surface area contributed by atoms with E-state index in [9.17, 15) is 5.11 Å². The summed E-state index contributed by atoms with van der Waals surface area (Å²) in [7, 11) is 0. The molecule has 3 rings (SSSR count). The highest BCUT2D eigenvalue weighted by atomic mass is 32.2. The molecule has 20 heavy (non-hydrogen) atoms. The Labute approximate surface area is 125 Å². The molecule has 0 saturated carbocycles. The maximum atomic E-state index is 10.2. The van der Waals surface area contributed by atoms with Gasteiger partial charge in [-0.3, -0.25) is 0 Å². The summed E-state index contributed by atoms with van der Waals surface area (Å²) in [4.78, 5) is 0. The van der Waals surface area contributed by atoms with Gasteiger partial charge in [-0.25, -0.2) is 0 Å². The number of hydrogen-bond acceptors (Lipinski definition) is 3. The normalized spacial score (nSPS) is 20.4. The molecule has 2 nitrogen and oxygen atoms in total. The Morgan fingerprint density at radius 3 is 3.00 bits per heavy atom. The Balaban J connectivity index is 1.46. The van der Waals surface area contributed by atoms with Crippen LogP contribution >= 0.6 is 11.8 Å². The molecule has 2 aliphatic heterocycles. The highest BCUT2D eigenvalue weighted by Crippen LogP contribution is 2.28. The Hall–Kier alpha value is -0.670. The summed E-state index contributed by atoms with van der Waals surface area (Å²) < 4.78 is 5.53. The monoisotopic (exact) mass is 292 g/mol. The molecule has 1 fully saturated rings. The van der Waals surface area contributed by atoms with Gasteiger partial charge >= 0.3 is 0 Å². The zero-order valence-electron chi connectivity index (χ0n) is 12.0. The average Bonchev–Trinajstić information content (AvgIpc) is 2.93. The minimum Gasteiger partial charge on any atom is -0.493 e. The second-order valence-electron chi connectivity index (χ2n) is 6.02. The van der Waals surface area contributed by atoms with E-state index in [-0.39, 0.29) is 6.10 Å². The molecule has 2 aliphatic rings. The van der Waals surface area contributed by atoms with Gasteiger partial charge in [-0.05, 0) is 66.7 Å². The van der Waals surface area contributed by atoms with Gasteiger partial charge in [0.1, 0.15) is 5.75 Å². The van der Waals surface area contributed by atoms with Crippen LogP contribution in [0.3, 0.4) is 0 Å². The number of aryl methyl sites for hydroxylation is 1. The zero-order valence-corrected chi connectivity index (χ0v) is 12.8. The molecule has 1 saturated heterocycles. The Kier molecular flexibility index (Phi) is 4.90. The van der Waals surface area contributed by atoms with Crippen LogP contribution in [0.4, 0.5) is 0 Å². The quantitative estimate of drug-likeness (QED) is 0.901. The summed E-state index contributed by atoms with van der Waals surface area (Å²) in [6.07, 6.45) is 6.35. The van der Waals surface area contributed by atoms with Crippen LogP contribution in [0.15, 0.2) is 18.2 Å². The number of aliphatic hydroxyl groups is 1. The van der Waals surface area contributed by atoms with Crippen LogP contribution in [0.2, 0.25) is 0 Å². The summed E-state index contributed by atoms with van der Waals surface area (Å²) in [5.41, 5.74) is 2.67. The van der Waals surface area contributed by atoms with Crippen LogP contribution in [-0.4, -0.2) is 29.3 Å². The Morgan fingerprint density at radius 1 is 1.30 bits per heavy atom. The molecule has 3 heteroatoms. The van der Waals surface area contributed by atoms with Crippen molar-refractivity contribution in [3.63, 3.8) is 0 Å². The van der Waals surface area contributed by atoms with Crippen molar-refractivity contribution in [3.8, 4) is 5.75 Å². The number of fused-ring (bicyclic) bond motifs is 1. The van der Waals surface area contributed by atoms with E-state index in [4.69, 9.17) is 4.74 Å². The van der Waals surface area contributed by atoms with E-state index >= 15 is 0 Å². The van der Waals surface area contributed by atoms with Crippen molar-refractivity contribution in [2.24, 2.45) is 5.92 Å². The van der Waals surface area contributed by atoms with E-state index in [1.807, 2.05) is 0 Å². The number of ether oxygens (including phenoxy) is 1. The molecule has 110 valence electrons. The van der Waals surface area contributed by atoms with E-state index in [1.165, 1.54) is 35.5 Å². The maximum absolute atomic E-state index is 10.2. The lowest BCUT2D eigenvalue weighted by Crippen LogP contribution is -2.18. The molecule has 1 unspecified atom stereocenters. The number of thioether (sulfide) groups is 1. The van der Waals surface area contributed by atoms with Crippen molar-refractivity contribution in [2.75, 3.05) is 18.1 Å². The lowest BCUT2D eigenvalue weighted by Gasteiger charge is -2.23. The third-order valence-corrected chi connectivity index (χ3v) is 5.52. The SMILES string of the molecule is OC(CCc1ccc2c(c1)CCO2)CC1CCSCC1. The van der Waals surface area contributed by atoms with Gasteiger partial charge in [-0.15, -0.1) is 0 Å². The molecule has 1 aromatic rings. The van der Waals surface area contributed by atoms with Gasteiger partial charge in [-0.1, -0.05) is 12.1 Å². The minimum atomic E-state index is -0.132. The Morgan fingerprint density at radius 2 is 2.15 bits per heavy atom. The third-order valence-electron chi connectivity index (χ3n) is 4.47. The fraction of sp³-hybridized carbons (Fsp3) is 0.647. The van der Waals surface area contributed by atoms with Gasteiger partial charge < -0.3 is 9.84 Å². The minimum absolute atomic E-state index is 0.132. The molecule has 0 amide bonds. The molecule has 1 atom stereocenters. The summed E-state index contributed by atoms with van der Waals surface area (Å²) in [6.45, 7) is 0.821. The molecule has 1 aromatic carbocycles. The van der Waals surface area contributed by atoms with Gasteiger partial charge in [0.15, 0.2) is 0 Å². The molecule has 1 N–H and O–H groups in total. The molecule has 0 aliphatic carbocycles. The summed E-state index contributed by atoms with van der Waals surface area (Å²) in [5.74, 6) is 4.36. The molecular weight excluding hydrogens is 268 g/mol. The zero-order chi connectivity index (χ0) is 13.8. The largest absolute Gasteiger partial charge is 0.493 e. The molecule has 0 radical (unpaired) electrons. The molecular formula is C17H24O2S. The van der Waals surface area contributed by atoms with Crippen molar-refractivity contribution in [2.45, 2.75) is 44.6 Å².